The van der Waals surface area contributed by atoms with Crippen LogP contribution in [0.3, 0.4) is 0 Å². The molecule has 26 heavy (non-hydrogen) atoms. The molecule has 1 aliphatic heterocycles. The van der Waals surface area contributed by atoms with Gasteiger partial charge in [0, 0.05) is 30.2 Å². The van der Waals surface area contributed by atoms with E-state index in [0.717, 1.165) is 56.2 Å². The SMILES string of the molecule is NC1CCC(NC(=O)C2CCCN(c3nc4cc(Cl)ccc4o3)C2)CC1. The highest BCUT2D eigenvalue weighted by Crippen LogP contribution is 2.28. The highest BCUT2D eigenvalue weighted by molar-refractivity contribution is 6.31. The van der Waals surface area contributed by atoms with Crippen molar-refractivity contribution in [2.75, 3.05) is 18.0 Å². The predicted octanol–water partition coefficient (Wildman–Crippen LogP) is 3.08. The molecule has 1 atom stereocenters. The molecule has 1 aromatic heterocycles. The lowest BCUT2D eigenvalue weighted by Crippen LogP contribution is -2.47. The Morgan fingerprint density at radius 3 is 2.88 bits per heavy atom. The number of piperidine rings is 1. The maximum absolute atomic E-state index is 12.7. The van der Waals surface area contributed by atoms with Crippen LogP contribution in [-0.2, 0) is 4.79 Å². The Balaban J connectivity index is 1.40. The van der Waals surface area contributed by atoms with Crippen LogP contribution in [0, 0.1) is 5.92 Å². The second-order valence-corrected chi connectivity index (χ2v) is 7.95. The third kappa shape index (κ3) is 3.81. The van der Waals surface area contributed by atoms with Crippen molar-refractivity contribution < 1.29 is 9.21 Å². The Kier molecular flexibility index (Phi) is 5.05. The van der Waals surface area contributed by atoms with E-state index in [9.17, 15) is 4.79 Å². The molecule has 6 nitrogen and oxygen atoms in total. The summed E-state index contributed by atoms with van der Waals surface area (Å²) in [4.78, 5) is 19.3. The van der Waals surface area contributed by atoms with Gasteiger partial charge in [-0.15, -0.1) is 0 Å². The molecule has 0 radical (unpaired) electrons. The maximum atomic E-state index is 12.7. The molecular formula is C19H25ClN4O2. The van der Waals surface area contributed by atoms with E-state index in [0.29, 0.717) is 23.6 Å². The van der Waals surface area contributed by atoms with E-state index >= 15 is 0 Å². The number of halogens is 1. The van der Waals surface area contributed by atoms with E-state index in [2.05, 4.69) is 15.2 Å². The first-order valence-electron chi connectivity index (χ1n) is 9.45. The molecule has 4 rings (SSSR count). The van der Waals surface area contributed by atoms with E-state index < -0.39 is 0 Å². The summed E-state index contributed by atoms with van der Waals surface area (Å²) in [6.45, 7) is 1.49. The molecule has 1 unspecified atom stereocenters. The zero-order valence-corrected chi connectivity index (χ0v) is 15.5. The maximum Gasteiger partial charge on any atom is 0.298 e. The standard InChI is InChI=1S/C19H25ClN4O2/c20-13-3-8-17-16(10-13)23-19(26-17)24-9-1-2-12(11-24)18(25)22-15-6-4-14(21)5-7-15/h3,8,10,12,14-15H,1-2,4-7,9,11,21H2,(H,22,25). The Hall–Kier alpha value is -1.79. The average Bonchev–Trinajstić information content (AvgIpc) is 3.07. The number of rotatable bonds is 3. The number of anilines is 1. The number of nitrogens with zero attached hydrogens (tertiary/aromatic N) is 2. The minimum Gasteiger partial charge on any atom is -0.423 e. The van der Waals surface area contributed by atoms with Crippen molar-refractivity contribution in [2.24, 2.45) is 11.7 Å². The summed E-state index contributed by atoms with van der Waals surface area (Å²) in [5.41, 5.74) is 7.41. The van der Waals surface area contributed by atoms with Crippen LogP contribution in [0.1, 0.15) is 38.5 Å². The summed E-state index contributed by atoms with van der Waals surface area (Å²) in [5.74, 6) is 0.118. The van der Waals surface area contributed by atoms with Gasteiger partial charge in [0.15, 0.2) is 5.58 Å². The molecule has 3 N–H and O–H groups in total. The fourth-order valence-corrected chi connectivity index (χ4v) is 4.14. The number of nitrogens with one attached hydrogen (secondary N) is 1. The lowest BCUT2D eigenvalue weighted by molar-refractivity contribution is -0.126. The molecule has 2 aromatic rings. The van der Waals surface area contributed by atoms with Gasteiger partial charge in [-0.1, -0.05) is 11.6 Å². The van der Waals surface area contributed by atoms with Crippen molar-refractivity contribution in [3.8, 4) is 0 Å². The number of oxazole rings is 1. The second kappa shape index (κ2) is 7.45. The van der Waals surface area contributed by atoms with Gasteiger partial charge in [0.05, 0.1) is 5.92 Å². The van der Waals surface area contributed by atoms with Crippen LogP contribution in [0.4, 0.5) is 6.01 Å². The fraction of sp³-hybridized carbons (Fsp3) is 0.579. The largest absolute Gasteiger partial charge is 0.423 e. The quantitative estimate of drug-likeness (QED) is 0.859. The third-order valence-electron chi connectivity index (χ3n) is 5.52. The van der Waals surface area contributed by atoms with Crippen LogP contribution in [0.5, 0.6) is 0 Å². The Bertz CT molecular complexity index is 785. The van der Waals surface area contributed by atoms with Gasteiger partial charge in [0.1, 0.15) is 5.52 Å². The molecule has 1 aromatic carbocycles. The summed E-state index contributed by atoms with van der Waals surface area (Å²) in [6, 6.07) is 6.55. The van der Waals surface area contributed by atoms with Gasteiger partial charge in [-0.25, -0.2) is 0 Å². The number of carbonyl (C=O) groups excluding carboxylic acids is 1. The molecular weight excluding hydrogens is 352 g/mol. The van der Waals surface area contributed by atoms with E-state index in [1.807, 2.05) is 6.07 Å². The van der Waals surface area contributed by atoms with E-state index in [1.54, 1.807) is 12.1 Å². The molecule has 0 spiro atoms. The predicted molar refractivity (Wildman–Crippen MR) is 102 cm³/mol. The monoisotopic (exact) mass is 376 g/mol. The number of hydrogen-bond acceptors (Lipinski definition) is 5. The van der Waals surface area contributed by atoms with Gasteiger partial charge in [-0.2, -0.15) is 4.98 Å². The normalized spacial score (nSPS) is 26.8. The summed E-state index contributed by atoms with van der Waals surface area (Å²) in [5, 5.41) is 3.86. The van der Waals surface area contributed by atoms with Crippen LogP contribution < -0.4 is 16.0 Å². The fourth-order valence-electron chi connectivity index (χ4n) is 3.97. The first-order valence-corrected chi connectivity index (χ1v) is 9.83. The van der Waals surface area contributed by atoms with Crippen LogP contribution in [0.25, 0.3) is 11.1 Å². The third-order valence-corrected chi connectivity index (χ3v) is 5.75. The number of nitrogens with two attached hydrogens (primary N) is 1. The van der Waals surface area contributed by atoms with Gasteiger partial charge < -0.3 is 20.4 Å². The van der Waals surface area contributed by atoms with E-state index in [4.69, 9.17) is 21.8 Å². The Labute approximate surface area is 158 Å². The van der Waals surface area contributed by atoms with Crippen molar-refractivity contribution in [1.29, 1.82) is 0 Å². The second-order valence-electron chi connectivity index (χ2n) is 7.51. The molecule has 2 heterocycles. The summed E-state index contributed by atoms with van der Waals surface area (Å²) >= 11 is 6.02. The van der Waals surface area contributed by atoms with Crippen LogP contribution >= 0.6 is 11.6 Å². The molecule has 2 aliphatic rings. The van der Waals surface area contributed by atoms with Gasteiger partial charge in [-0.05, 0) is 56.7 Å². The smallest absolute Gasteiger partial charge is 0.298 e. The van der Waals surface area contributed by atoms with Gasteiger partial charge in [0.2, 0.25) is 5.91 Å². The summed E-state index contributed by atoms with van der Waals surface area (Å²) in [6.07, 6.45) is 5.80. The summed E-state index contributed by atoms with van der Waals surface area (Å²) < 4.78 is 5.86. The lowest BCUT2D eigenvalue weighted by atomic mass is 9.90. The Morgan fingerprint density at radius 1 is 1.27 bits per heavy atom. The zero-order chi connectivity index (χ0) is 18.1. The first kappa shape index (κ1) is 17.6. The number of benzene rings is 1. The van der Waals surface area contributed by atoms with E-state index in [-0.39, 0.29) is 17.9 Å². The highest BCUT2D eigenvalue weighted by atomic mass is 35.5. The van der Waals surface area contributed by atoms with E-state index in [1.165, 1.54) is 0 Å². The minimum atomic E-state index is -0.0297. The van der Waals surface area contributed by atoms with Crippen molar-refractivity contribution >= 4 is 34.6 Å². The van der Waals surface area contributed by atoms with Crippen molar-refractivity contribution in [2.45, 2.75) is 50.6 Å². The van der Waals surface area contributed by atoms with Gasteiger partial charge in [0.25, 0.3) is 6.01 Å². The molecule has 7 heteroatoms. The molecule has 1 aliphatic carbocycles. The van der Waals surface area contributed by atoms with Crippen molar-refractivity contribution in [3.63, 3.8) is 0 Å². The topological polar surface area (TPSA) is 84.4 Å². The Morgan fingerprint density at radius 2 is 2.08 bits per heavy atom. The number of carbonyl (C=O) groups is 1. The number of amides is 1. The lowest BCUT2D eigenvalue weighted by Gasteiger charge is -2.33. The molecule has 1 saturated heterocycles. The number of fused-ring (bicyclic) bond motifs is 1. The average molecular weight is 377 g/mol. The number of hydrogen-bond donors (Lipinski definition) is 2. The summed E-state index contributed by atoms with van der Waals surface area (Å²) in [7, 11) is 0. The van der Waals surface area contributed by atoms with Gasteiger partial charge in [-0.3, -0.25) is 4.79 Å². The highest BCUT2D eigenvalue weighted by Gasteiger charge is 2.30. The minimum absolute atomic E-state index is 0.0297. The first-order chi connectivity index (χ1) is 12.6. The molecule has 1 amide bonds. The molecule has 1 saturated carbocycles. The van der Waals surface area contributed by atoms with Crippen LogP contribution in [-0.4, -0.2) is 36.1 Å². The zero-order valence-electron chi connectivity index (χ0n) is 14.8. The van der Waals surface area contributed by atoms with Gasteiger partial charge >= 0.3 is 0 Å². The van der Waals surface area contributed by atoms with Crippen molar-refractivity contribution in [1.82, 2.24) is 10.3 Å². The molecule has 140 valence electrons. The van der Waals surface area contributed by atoms with Crippen molar-refractivity contribution in [3.05, 3.63) is 23.2 Å². The molecule has 2 fully saturated rings. The van der Waals surface area contributed by atoms with Crippen LogP contribution in [0.2, 0.25) is 5.02 Å². The van der Waals surface area contributed by atoms with Crippen LogP contribution in [0.15, 0.2) is 22.6 Å². The molecule has 0 bridgehead atoms. The number of aromatic nitrogens is 1.